The van der Waals surface area contributed by atoms with E-state index in [9.17, 15) is 14.3 Å². The molecule has 7 heteroatoms. The Morgan fingerprint density at radius 2 is 2.16 bits per heavy atom. The molecule has 1 saturated heterocycles. The molecule has 0 saturated carbocycles. The molecule has 1 aromatic rings. The number of aromatic nitrogens is 1. The van der Waals surface area contributed by atoms with E-state index in [4.69, 9.17) is 4.74 Å². The summed E-state index contributed by atoms with van der Waals surface area (Å²) in [4.78, 5) is 20.1. The first-order valence-electron chi connectivity index (χ1n) is 8.59. The summed E-state index contributed by atoms with van der Waals surface area (Å²) in [5.74, 6) is -0.368. The number of pyridine rings is 1. The van der Waals surface area contributed by atoms with E-state index in [2.05, 4.69) is 9.88 Å². The summed E-state index contributed by atoms with van der Waals surface area (Å²) in [6.45, 7) is 11.2. The Bertz CT molecular complexity index is 618. The maximum atomic E-state index is 13.6. The molecule has 2 atom stereocenters. The minimum atomic E-state index is -0.865. The van der Waals surface area contributed by atoms with Gasteiger partial charge in [-0.1, -0.05) is 0 Å². The van der Waals surface area contributed by atoms with Crippen LogP contribution in [0.3, 0.4) is 0 Å². The van der Waals surface area contributed by atoms with Gasteiger partial charge in [0.05, 0.1) is 5.69 Å². The van der Waals surface area contributed by atoms with E-state index in [1.807, 2.05) is 27.7 Å². The number of aliphatic hydroxyl groups is 1. The van der Waals surface area contributed by atoms with Crippen molar-refractivity contribution in [1.29, 1.82) is 0 Å². The number of β-amino-alcohol motifs (C(OH)–C–C–N with tert-alkyl or cyclic N) is 1. The van der Waals surface area contributed by atoms with E-state index < -0.39 is 11.7 Å². The second kappa shape index (κ2) is 7.66. The van der Waals surface area contributed by atoms with Crippen LogP contribution in [0.5, 0.6) is 0 Å². The standard InChI is InChI=1S/C18H28FN3O3/c1-12-9-20-15(8-14(12)19)16(23)11-21-6-7-22(13(2)10-21)17(24)25-18(3,4)5/h8-9,13,16,23H,6-7,10-11H2,1-5H3/t13-,16-/m1/s1. The predicted octanol–water partition coefficient (Wildman–Crippen LogP) is 2.50. The molecule has 1 aromatic heterocycles. The number of carbonyl (C=O) groups is 1. The molecular weight excluding hydrogens is 325 g/mol. The van der Waals surface area contributed by atoms with Gasteiger partial charge >= 0.3 is 6.09 Å². The molecule has 1 amide bonds. The second-order valence-corrected chi connectivity index (χ2v) is 7.66. The van der Waals surface area contributed by atoms with Crippen LogP contribution in [0.15, 0.2) is 12.3 Å². The number of hydrogen-bond donors (Lipinski definition) is 1. The van der Waals surface area contributed by atoms with E-state index in [0.29, 0.717) is 37.4 Å². The van der Waals surface area contributed by atoms with Gasteiger partial charge in [-0.2, -0.15) is 0 Å². The third-order valence-corrected chi connectivity index (χ3v) is 4.17. The number of amides is 1. The lowest BCUT2D eigenvalue weighted by Crippen LogP contribution is -2.55. The first-order chi connectivity index (χ1) is 11.6. The topological polar surface area (TPSA) is 65.9 Å². The Balaban J connectivity index is 1.92. The van der Waals surface area contributed by atoms with Gasteiger partial charge in [0, 0.05) is 44.0 Å². The molecule has 1 fully saturated rings. The Morgan fingerprint density at radius 1 is 1.48 bits per heavy atom. The molecule has 0 aliphatic carbocycles. The fraction of sp³-hybridized carbons (Fsp3) is 0.667. The van der Waals surface area contributed by atoms with Gasteiger partial charge in [-0.3, -0.25) is 9.88 Å². The van der Waals surface area contributed by atoms with Crippen LogP contribution in [0.4, 0.5) is 9.18 Å². The lowest BCUT2D eigenvalue weighted by molar-refractivity contribution is -0.00447. The molecule has 2 heterocycles. The normalized spacial score (nSPS) is 20.4. The van der Waals surface area contributed by atoms with E-state index >= 15 is 0 Å². The van der Waals surface area contributed by atoms with E-state index in [0.717, 1.165) is 0 Å². The third kappa shape index (κ3) is 5.37. The SMILES string of the molecule is Cc1cnc([C@H](O)CN2CCN(C(=O)OC(C)(C)C)[C@H](C)C2)cc1F. The predicted molar refractivity (Wildman–Crippen MR) is 92.7 cm³/mol. The minimum absolute atomic E-state index is 0.0292. The molecule has 0 spiro atoms. The number of aryl methyl sites for hydroxylation is 1. The van der Waals surface area contributed by atoms with Gasteiger partial charge in [0.25, 0.3) is 0 Å². The molecular formula is C18H28FN3O3. The lowest BCUT2D eigenvalue weighted by Gasteiger charge is -2.40. The van der Waals surface area contributed by atoms with Crippen molar-refractivity contribution in [2.45, 2.75) is 52.4 Å². The Kier molecular flexibility index (Phi) is 6.00. The number of piperazine rings is 1. The Labute approximate surface area is 148 Å². The van der Waals surface area contributed by atoms with Gasteiger partial charge in [-0.15, -0.1) is 0 Å². The number of rotatable bonds is 3. The largest absolute Gasteiger partial charge is 0.444 e. The number of nitrogens with zero attached hydrogens (tertiary/aromatic N) is 3. The van der Waals surface area contributed by atoms with Gasteiger partial charge in [-0.25, -0.2) is 9.18 Å². The van der Waals surface area contributed by atoms with Gasteiger partial charge in [0.15, 0.2) is 0 Å². The van der Waals surface area contributed by atoms with Crippen LogP contribution in [-0.4, -0.2) is 63.8 Å². The monoisotopic (exact) mass is 353 g/mol. The molecule has 1 aliphatic rings. The molecule has 1 N–H and O–H groups in total. The van der Waals surface area contributed by atoms with E-state index in [-0.39, 0.29) is 18.0 Å². The summed E-state index contributed by atoms with van der Waals surface area (Å²) in [5.41, 5.74) is 0.256. The summed E-state index contributed by atoms with van der Waals surface area (Å²) >= 11 is 0. The van der Waals surface area contributed by atoms with Gasteiger partial charge in [0.1, 0.15) is 17.5 Å². The molecule has 2 rings (SSSR count). The highest BCUT2D eigenvalue weighted by molar-refractivity contribution is 5.68. The highest BCUT2D eigenvalue weighted by atomic mass is 19.1. The van der Waals surface area contributed by atoms with Crippen LogP contribution in [0.1, 0.15) is 45.1 Å². The van der Waals surface area contributed by atoms with Crippen molar-refractivity contribution < 1.29 is 19.0 Å². The summed E-state index contributed by atoms with van der Waals surface area (Å²) in [6.07, 6.45) is 0.245. The Morgan fingerprint density at radius 3 is 2.72 bits per heavy atom. The maximum Gasteiger partial charge on any atom is 0.410 e. The zero-order valence-electron chi connectivity index (χ0n) is 15.6. The fourth-order valence-corrected chi connectivity index (χ4v) is 2.82. The third-order valence-electron chi connectivity index (χ3n) is 4.17. The number of carbonyl (C=O) groups excluding carboxylic acids is 1. The number of hydrogen-bond acceptors (Lipinski definition) is 5. The average Bonchev–Trinajstić information content (AvgIpc) is 2.48. The van der Waals surface area contributed by atoms with Crippen molar-refractivity contribution in [3.8, 4) is 0 Å². The summed E-state index contributed by atoms with van der Waals surface area (Å²) in [7, 11) is 0. The van der Waals surface area contributed by atoms with E-state index in [1.165, 1.54) is 12.3 Å². The van der Waals surface area contributed by atoms with Gasteiger partial charge in [0.2, 0.25) is 0 Å². The van der Waals surface area contributed by atoms with Crippen molar-refractivity contribution >= 4 is 6.09 Å². The van der Waals surface area contributed by atoms with Crippen molar-refractivity contribution in [1.82, 2.24) is 14.8 Å². The van der Waals surface area contributed by atoms with Crippen LogP contribution < -0.4 is 0 Å². The molecule has 0 radical (unpaired) electrons. The van der Waals surface area contributed by atoms with Gasteiger partial charge in [-0.05, 0) is 40.7 Å². The molecule has 1 aliphatic heterocycles. The summed E-state index contributed by atoms with van der Waals surface area (Å²) in [6, 6.07) is 1.25. The van der Waals surface area contributed by atoms with Crippen molar-refractivity contribution in [3.05, 3.63) is 29.3 Å². The molecule has 0 aromatic carbocycles. The van der Waals surface area contributed by atoms with Crippen LogP contribution in [0, 0.1) is 12.7 Å². The quantitative estimate of drug-likeness (QED) is 0.904. The van der Waals surface area contributed by atoms with Crippen LogP contribution in [0.2, 0.25) is 0 Å². The first-order valence-corrected chi connectivity index (χ1v) is 8.59. The summed E-state index contributed by atoms with van der Waals surface area (Å²) in [5, 5.41) is 10.3. The van der Waals surface area contributed by atoms with Crippen molar-refractivity contribution in [3.63, 3.8) is 0 Å². The van der Waals surface area contributed by atoms with Crippen LogP contribution >= 0.6 is 0 Å². The second-order valence-electron chi connectivity index (χ2n) is 7.66. The highest BCUT2D eigenvalue weighted by Crippen LogP contribution is 2.19. The van der Waals surface area contributed by atoms with Crippen LogP contribution in [-0.2, 0) is 4.74 Å². The first kappa shape index (κ1) is 19.6. The Hall–Kier alpha value is -1.73. The number of ether oxygens (including phenoxy) is 1. The fourth-order valence-electron chi connectivity index (χ4n) is 2.82. The lowest BCUT2D eigenvalue weighted by atomic mass is 10.1. The molecule has 0 bridgehead atoms. The average molecular weight is 353 g/mol. The smallest absolute Gasteiger partial charge is 0.410 e. The van der Waals surface area contributed by atoms with Gasteiger partial charge < -0.3 is 14.7 Å². The molecule has 140 valence electrons. The highest BCUT2D eigenvalue weighted by Gasteiger charge is 2.31. The number of aliphatic hydroxyl groups excluding tert-OH is 1. The zero-order chi connectivity index (χ0) is 18.8. The molecule has 0 unspecified atom stereocenters. The minimum Gasteiger partial charge on any atom is -0.444 e. The maximum absolute atomic E-state index is 13.6. The summed E-state index contributed by atoms with van der Waals surface area (Å²) < 4.78 is 19.1. The van der Waals surface area contributed by atoms with Crippen molar-refractivity contribution in [2.75, 3.05) is 26.2 Å². The van der Waals surface area contributed by atoms with Crippen LogP contribution in [0.25, 0.3) is 0 Å². The number of halogens is 1. The zero-order valence-corrected chi connectivity index (χ0v) is 15.6. The van der Waals surface area contributed by atoms with Crippen molar-refractivity contribution in [2.24, 2.45) is 0 Å². The van der Waals surface area contributed by atoms with E-state index in [1.54, 1.807) is 11.8 Å². The molecule has 25 heavy (non-hydrogen) atoms. The molecule has 6 nitrogen and oxygen atoms in total.